The van der Waals surface area contributed by atoms with Crippen LogP contribution in [-0.2, 0) is 19.1 Å². The fourth-order valence-electron chi connectivity index (χ4n) is 6.84. The smallest absolute Gasteiger partial charge is 0.305 e. The Kier molecular flexibility index (Phi) is 43.7. The minimum Gasteiger partial charge on any atom is -1.00 e. The van der Waals surface area contributed by atoms with Crippen LogP contribution >= 0.6 is 0 Å². The van der Waals surface area contributed by atoms with Gasteiger partial charge in [0, 0.05) is 12.8 Å². The first-order valence-electron chi connectivity index (χ1n) is 22.1. The molecule has 0 fully saturated rings. The molecule has 0 aliphatic rings. The summed E-state index contributed by atoms with van der Waals surface area (Å²) in [6.07, 6.45) is 37.5. The summed E-state index contributed by atoms with van der Waals surface area (Å²) in [5.74, 6) is -0.168. The van der Waals surface area contributed by atoms with Gasteiger partial charge in [0.1, 0.15) is 26.3 Å². The number of ether oxygens (including phenoxy) is 2. The van der Waals surface area contributed by atoms with Crippen molar-refractivity contribution in [1.82, 2.24) is 0 Å². The normalized spacial score (nSPS) is 11.6. The lowest BCUT2D eigenvalue weighted by atomic mass is 10.1. The van der Waals surface area contributed by atoms with Gasteiger partial charge in [-0.15, -0.1) is 0 Å². The van der Waals surface area contributed by atoms with Crippen LogP contribution in [0.15, 0.2) is 0 Å². The molecule has 0 saturated heterocycles. The zero-order valence-electron chi connectivity index (χ0n) is 35.7. The Balaban J connectivity index is -0.0000120. The van der Waals surface area contributed by atoms with Gasteiger partial charge < -0.3 is 52.4 Å². The maximum Gasteiger partial charge on any atom is 0.305 e. The molecular weight excluding hydrogens is 780 g/mol. The first kappa shape index (κ1) is 56.2. The third-order valence-corrected chi connectivity index (χ3v) is 10.7. The Hall–Kier alpha value is -0.180. The van der Waals surface area contributed by atoms with Gasteiger partial charge in [0.2, 0.25) is 0 Å². The Morgan fingerprint density at radius 2 is 0.577 bits per heavy atom. The van der Waals surface area contributed by atoms with Gasteiger partial charge >= 0.3 is 11.9 Å². The standard InChI is InChI=1S/C44H90N2O4.2BrH/c1-7-9-11-13-15-17-19-21-23-25-29-33-37-45(3,4)39-41-49-43(47)35-31-27-28-32-36-44(48)50-42-40-46(5,6)38-34-30-26-24-22-20-18-16-14-12-10-8-2;;/h7-42H2,1-6H3;2*1H/q+2;;/p-2. The number of hydrogen-bond acceptors (Lipinski definition) is 4. The van der Waals surface area contributed by atoms with Crippen LogP contribution in [0, 0.1) is 0 Å². The fourth-order valence-corrected chi connectivity index (χ4v) is 6.84. The first-order valence-corrected chi connectivity index (χ1v) is 22.1. The molecule has 0 aromatic carbocycles. The van der Waals surface area contributed by atoms with E-state index in [9.17, 15) is 9.59 Å². The van der Waals surface area contributed by atoms with Crippen molar-refractivity contribution in [3.05, 3.63) is 0 Å². The number of esters is 2. The predicted molar refractivity (Wildman–Crippen MR) is 215 cm³/mol. The molecule has 0 unspecified atom stereocenters. The highest BCUT2D eigenvalue weighted by molar-refractivity contribution is 5.69. The van der Waals surface area contributed by atoms with Crippen LogP contribution in [0.4, 0.5) is 0 Å². The molecular formula is C44H90Br2N2O4. The van der Waals surface area contributed by atoms with E-state index in [0.29, 0.717) is 26.1 Å². The summed E-state index contributed by atoms with van der Waals surface area (Å²) in [5.41, 5.74) is 0. The summed E-state index contributed by atoms with van der Waals surface area (Å²) >= 11 is 0. The van der Waals surface area contributed by atoms with E-state index in [0.717, 1.165) is 60.8 Å². The highest BCUT2D eigenvalue weighted by Crippen LogP contribution is 2.15. The summed E-state index contributed by atoms with van der Waals surface area (Å²) in [4.78, 5) is 24.4. The van der Waals surface area contributed by atoms with E-state index in [2.05, 4.69) is 42.0 Å². The second kappa shape index (κ2) is 40.5. The number of nitrogens with zero attached hydrogens (tertiary/aromatic N) is 2. The van der Waals surface area contributed by atoms with E-state index in [1.807, 2.05) is 0 Å². The van der Waals surface area contributed by atoms with Gasteiger partial charge in [-0.1, -0.05) is 155 Å². The summed E-state index contributed by atoms with van der Waals surface area (Å²) in [5, 5.41) is 0. The fraction of sp³-hybridized carbons (Fsp3) is 0.955. The number of likely N-dealkylation sites (N-methyl/N-ethyl adjacent to an activating group) is 2. The molecule has 314 valence electrons. The number of rotatable bonds is 39. The van der Waals surface area contributed by atoms with Crippen molar-refractivity contribution in [1.29, 1.82) is 0 Å². The van der Waals surface area contributed by atoms with Crippen LogP contribution in [0.2, 0.25) is 0 Å². The van der Waals surface area contributed by atoms with Crippen LogP contribution in [0.1, 0.15) is 206 Å². The second-order valence-corrected chi connectivity index (χ2v) is 16.9. The van der Waals surface area contributed by atoms with Crippen LogP contribution in [-0.4, -0.2) is 88.5 Å². The average Bonchev–Trinajstić information content (AvgIpc) is 3.07. The first-order chi connectivity index (χ1) is 24.1. The average molecular weight is 871 g/mol. The van der Waals surface area contributed by atoms with Gasteiger partial charge in [-0.25, -0.2) is 0 Å². The van der Waals surface area contributed by atoms with Crippen molar-refractivity contribution in [2.24, 2.45) is 0 Å². The molecule has 0 bridgehead atoms. The lowest BCUT2D eigenvalue weighted by molar-refractivity contribution is -0.890. The van der Waals surface area contributed by atoms with Crippen molar-refractivity contribution in [3.63, 3.8) is 0 Å². The topological polar surface area (TPSA) is 52.6 Å². The summed E-state index contributed by atoms with van der Waals surface area (Å²) in [6.45, 7) is 9.62. The lowest BCUT2D eigenvalue weighted by Gasteiger charge is -2.29. The molecule has 0 radical (unpaired) electrons. The highest BCUT2D eigenvalue weighted by atomic mass is 79.9. The number of carbonyl (C=O) groups excluding carboxylic acids is 2. The minimum absolute atomic E-state index is 0. The number of halogens is 2. The van der Waals surface area contributed by atoms with Crippen LogP contribution in [0.3, 0.4) is 0 Å². The largest absolute Gasteiger partial charge is 1.00 e. The van der Waals surface area contributed by atoms with E-state index >= 15 is 0 Å². The van der Waals surface area contributed by atoms with Crippen LogP contribution < -0.4 is 34.0 Å². The summed E-state index contributed by atoms with van der Waals surface area (Å²) in [6, 6.07) is 0. The molecule has 0 amide bonds. The molecule has 0 aliphatic carbocycles. The molecule has 8 heteroatoms. The van der Waals surface area contributed by atoms with Gasteiger partial charge in [-0.05, 0) is 38.5 Å². The molecule has 0 heterocycles. The lowest BCUT2D eigenvalue weighted by Crippen LogP contribution is -3.00. The van der Waals surface area contributed by atoms with Gasteiger partial charge in [0.05, 0.1) is 41.3 Å². The van der Waals surface area contributed by atoms with Crippen LogP contribution in [0.25, 0.3) is 0 Å². The van der Waals surface area contributed by atoms with Gasteiger partial charge in [-0.3, -0.25) is 9.59 Å². The minimum atomic E-state index is -0.0842. The number of quaternary nitrogens is 2. The maximum absolute atomic E-state index is 12.2. The molecule has 0 aromatic rings. The summed E-state index contributed by atoms with van der Waals surface area (Å²) < 4.78 is 12.9. The highest BCUT2D eigenvalue weighted by Gasteiger charge is 2.17. The van der Waals surface area contributed by atoms with Crippen molar-refractivity contribution < 1.29 is 62.0 Å². The summed E-state index contributed by atoms with van der Waals surface area (Å²) in [7, 11) is 8.99. The predicted octanol–water partition coefficient (Wildman–Crippen LogP) is 5.98. The maximum atomic E-state index is 12.2. The Labute approximate surface area is 346 Å². The third kappa shape index (κ3) is 42.6. The molecule has 52 heavy (non-hydrogen) atoms. The molecule has 0 N–H and O–H groups in total. The van der Waals surface area contributed by atoms with Crippen molar-refractivity contribution >= 4 is 11.9 Å². The molecule has 0 spiro atoms. The molecule has 6 nitrogen and oxygen atoms in total. The molecule has 0 aliphatic heterocycles. The Morgan fingerprint density at radius 3 is 0.846 bits per heavy atom. The van der Waals surface area contributed by atoms with E-state index in [-0.39, 0.29) is 45.9 Å². The molecule has 0 saturated carbocycles. The van der Waals surface area contributed by atoms with Crippen molar-refractivity contribution in [3.8, 4) is 0 Å². The third-order valence-electron chi connectivity index (χ3n) is 10.7. The van der Waals surface area contributed by atoms with Crippen molar-refractivity contribution in [2.45, 2.75) is 206 Å². The second-order valence-electron chi connectivity index (χ2n) is 16.9. The van der Waals surface area contributed by atoms with E-state index in [1.165, 1.54) is 154 Å². The molecule has 0 atom stereocenters. The van der Waals surface area contributed by atoms with E-state index in [4.69, 9.17) is 9.47 Å². The molecule has 0 rings (SSSR count). The number of carbonyl (C=O) groups is 2. The van der Waals surface area contributed by atoms with Gasteiger partial charge in [0.25, 0.3) is 0 Å². The number of unbranched alkanes of at least 4 members (excludes halogenated alkanes) is 25. The van der Waals surface area contributed by atoms with E-state index < -0.39 is 0 Å². The van der Waals surface area contributed by atoms with Gasteiger partial charge in [0.15, 0.2) is 0 Å². The quantitative estimate of drug-likeness (QED) is 0.0434. The number of hydrogen-bond donors (Lipinski definition) is 0. The zero-order chi connectivity index (χ0) is 37.0. The van der Waals surface area contributed by atoms with Crippen molar-refractivity contribution in [2.75, 3.05) is 67.6 Å². The monoisotopic (exact) mass is 869 g/mol. The van der Waals surface area contributed by atoms with Gasteiger partial charge in [-0.2, -0.15) is 0 Å². The Morgan fingerprint density at radius 1 is 0.346 bits per heavy atom. The zero-order valence-corrected chi connectivity index (χ0v) is 38.9. The van der Waals surface area contributed by atoms with E-state index in [1.54, 1.807) is 0 Å². The SMILES string of the molecule is CCCCCCCCCCCCCC[N+](C)(C)CCOC(=O)CCCCCCC(=O)OCC[N+](C)(C)CCCCCCCCCCCCCC.[Br-].[Br-]. The Bertz CT molecular complexity index is 705. The van der Waals surface area contributed by atoms with Crippen LogP contribution in [0.5, 0.6) is 0 Å². The molecule has 0 aromatic heterocycles.